The molecule has 80 valence electrons. The highest BCUT2D eigenvalue weighted by atomic mass is 35.5. The minimum atomic E-state index is -0.457. The molecule has 0 aliphatic heterocycles. The highest BCUT2D eigenvalue weighted by Crippen LogP contribution is 2.39. The summed E-state index contributed by atoms with van der Waals surface area (Å²) >= 11 is 5.99. The molecule has 0 N–H and O–H groups in total. The third kappa shape index (κ3) is 2.11. The van der Waals surface area contributed by atoms with Crippen molar-refractivity contribution in [3.63, 3.8) is 0 Å². The highest BCUT2D eigenvalue weighted by Gasteiger charge is 2.39. The number of ether oxygens (including phenoxy) is 1. The predicted molar refractivity (Wildman–Crippen MR) is 57.4 cm³/mol. The van der Waals surface area contributed by atoms with E-state index in [0.29, 0.717) is 6.61 Å². The van der Waals surface area contributed by atoms with Gasteiger partial charge in [0.05, 0.1) is 17.4 Å². The molecular formula is C11H17ClO2. The standard InChI is InChI=1S/C11H17ClO2/c1-4-14-10(13)11(3)6-5-9(12)7-8(11)2/h7,9H,4-6H2,1-3H3/t9?,11-/m0/s1. The van der Waals surface area contributed by atoms with Crippen molar-refractivity contribution in [3.8, 4) is 0 Å². The Bertz CT molecular complexity index is 260. The molecule has 2 nitrogen and oxygen atoms in total. The van der Waals surface area contributed by atoms with Crippen LogP contribution in [0.3, 0.4) is 0 Å². The number of halogens is 1. The van der Waals surface area contributed by atoms with E-state index in [2.05, 4.69) is 0 Å². The number of hydrogen-bond donors (Lipinski definition) is 0. The molecule has 0 aromatic rings. The van der Waals surface area contributed by atoms with Crippen molar-refractivity contribution in [1.29, 1.82) is 0 Å². The van der Waals surface area contributed by atoms with Crippen LogP contribution < -0.4 is 0 Å². The van der Waals surface area contributed by atoms with Crippen LogP contribution in [0.25, 0.3) is 0 Å². The van der Waals surface area contributed by atoms with Gasteiger partial charge in [-0.3, -0.25) is 4.79 Å². The van der Waals surface area contributed by atoms with E-state index in [0.717, 1.165) is 18.4 Å². The zero-order valence-electron chi connectivity index (χ0n) is 8.97. The molecule has 0 spiro atoms. The molecule has 0 heterocycles. The van der Waals surface area contributed by atoms with Crippen LogP contribution in [0.1, 0.15) is 33.6 Å². The summed E-state index contributed by atoms with van der Waals surface area (Å²) in [4.78, 5) is 11.7. The van der Waals surface area contributed by atoms with Crippen molar-refractivity contribution in [2.45, 2.75) is 39.0 Å². The van der Waals surface area contributed by atoms with Crippen molar-refractivity contribution < 1.29 is 9.53 Å². The third-order valence-corrected chi connectivity index (χ3v) is 3.29. The molecule has 0 aromatic carbocycles. The molecule has 0 saturated carbocycles. The largest absolute Gasteiger partial charge is 0.465 e. The quantitative estimate of drug-likeness (QED) is 0.403. The topological polar surface area (TPSA) is 26.3 Å². The van der Waals surface area contributed by atoms with Gasteiger partial charge in [-0.25, -0.2) is 0 Å². The van der Waals surface area contributed by atoms with Crippen molar-refractivity contribution in [1.82, 2.24) is 0 Å². The highest BCUT2D eigenvalue weighted by molar-refractivity contribution is 6.22. The first-order valence-electron chi connectivity index (χ1n) is 5.01. The second kappa shape index (κ2) is 4.35. The summed E-state index contributed by atoms with van der Waals surface area (Å²) in [5, 5.41) is 0.0671. The number of hydrogen-bond acceptors (Lipinski definition) is 2. The first kappa shape index (κ1) is 11.6. The van der Waals surface area contributed by atoms with Crippen LogP contribution in [0, 0.1) is 5.41 Å². The minimum absolute atomic E-state index is 0.0671. The van der Waals surface area contributed by atoms with Crippen LogP contribution in [-0.4, -0.2) is 18.0 Å². The smallest absolute Gasteiger partial charge is 0.315 e. The van der Waals surface area contributed by atoms with E-state index in [9.17, 15) is 4.79 Å². The minimum Gasteiger partial charge on any atom is -0.465 e. The van der Waals surface area contributed by atoms with E-state index < -0.39 is 5.41 Å². The first-order valence-corrected chi connectivity index (χ1v) is 5.44. The Hall–Kier alpha value is -0.500. The van der Waals surface area contributed by atoms with Crippen LogP contribution in [0.15, 0.2) is 11.6 Å². The molecule has 2 atom stereocenters. The first-order chi connectivity index (χ1) is 6.50. The van der Waals surface area contributed by atoms with Gasteiger partial charge >= 0.3 is 5.97 Å². The van der Waals surface area contributed by atoms with Crippen LogP contribution >= 0.6 is 11.6 Å². The Labute approximate surface area is 90.3 Å². The Morgan fingerprint density at radius 2 is 2.43 bits per heavy atom. The lowest BCUT2D eigenvalue weighted by molar-refractivity contribution is -0.152. The molecule has 1 aliphatic carbocycles. The summed E-state index contributed by atoms with van der Waals surface area (Å²) in [5.41, 5.74) is 0.573. The second-order valence-electron chi connectivity index (χ2n) is 3.96. The Kier molecular flexibility index (Phi) is 3.59. The average molecular weight is 217 g/mol. The predicted octanol–water partition coefficient (Wildman–Crippen LogP) is 2.90. The molecule has 1 unspecified atom stereocenters. The number of carbonyl (C=O) groups is 1. The number of esters is 1. The van der Waals surface area contributed by atoms with Crippen molar-refractivity contribution in [2.75, 3.05) is 6.61 Å². The van der Waals surface area contributed by atoms with E-state index >= 15 is 0 Å². The molecule has 3 heteroatoms. The monoisotopic (exact) mass is 216 g/mol. The van der Waals surface area contributed by atoms with Gasteiger partial charge in [-0.2, -0.15) is 0 Å². The maximum absolute atomic E-state index is 11.7. The van der Waals surface area contributed by atoms with E-state index in [1.54, 1.807) is 0 Å². The van der Waals surface area contributed by atoms with E-state index in [1.807, 2.05) is 26.8 Å². The van der Waals surface area contributed by atoms with Crippen LogP contribution in [0.4, 0.5) is 0 Å². The summed E-state index contributed by atoms with van der Waals surface area (Å²) in [6.07, 6.45) is 3.58. The maximum atomic E-state index is 11.7. The molecule has 0 bridgehead atoms. The third-order valence-electron chi connectivity index (χ3n) is 2.95. The van der Waals surface area contributed by atoms with Gasteiger partial charge in [0.2, 0.25) is 0 Å². The van der Waals surface area contributed by atoms with E-state index in [1.165, 1.54) is 0 Å². The maximum Gasteiger partial charge on any atom is 0.315 e. The SMILES string of the molecule is CCOC(=O)[C@@]1(C)CCC(Cl)C=C1C. The number of rotatable bonds is 2. The molecule has 1 aliphatic rings. The summed E-state index contributed by atoms with van der Waals surface area (Å²) in [5.74, 6) is -0.127. The molecule has 0 fully saturated rings. The van der Waals surface area contributed by atoms with E-state index in [4.69, 9.17) is 16.3 Å². The summed E-state index contributed by atoms with van der Waals surface area (Å²) in [6, 6.07) is 0. The zero-order valence-corrected chi connectivity index (χ0v) is 9.73. The van der Waals surface area contributed by atoms with Crippen molar-refractivity contribution >= 4 is 17.6 Å². The number of carbonyl (C=O) groups excluding carboxylic acids is 1. The van der Waals surface area contributed by atoms with E-state index in [-0.39, 0.29) is 11.3 Å². The molecule has 0 aromatic heterocycles. The number of alkyl halides is 1. The molecule has 14 heavy (non-hydrogen) atoms. The van der Waals surface area contributed by atoms with Crippen molar-refractivity contribution in [2.24, 2.45) is 5.41 Å². The van der Waals surface area contributed by atoms with Gasteiger partial charge in [0.15, 0.2) is 0 Å². The van der Waals surface area contributed by atoms with Crippen molar-refractivity contribution in [3.05, 3.63) is 11.6 Å². The fraction of sp³-hybridized carbons (Fsp3) is 0.727. The lowest BCUT2D eigenvalue weighted by Crippen LogP contribution is -2.34. The Morgan fingerprint density at radius 1 is 1.79 bits per heavy atom. The summed E-state index contributed by atoms with van der Waals surface area (Å²) in [6.45, 7) is 6.14. The van der Waals surface area contributed by atoms with Gasteiger partial charge in [-0.05, 0) is 33.6 Å². The number of allylic oxidation sites excluding steroid dienone is 1. The average Bonchev–Trinajstić information content (AvgIpc) is 2.12. The van der Waals surface area contributed by atoms with Gasteiger partial charge in [0.1, 0.15) is 0 Å². The van der Waals surface area contributed by atoms with Crippen LogP contribution in [0.5, 0.6) is 0 Å². The lowest BCUT2D eigenvalue weighted by Gasteiger charge is -2.32. The van der Waals surface area contributed by atoms with Gasteiger partial charge in [0, 0.05) is 0 Å². The fourth-order valence-corrected chi connectivity index (χ4v) is 2.01. The fourth-order valence-electron chi connectivity index (χ4n) is 1.72. The molecular weight excluding hydrogens is 200 g/mol. The summed E-state index contributed by atoms with van der Waals surface area (Å²) < 4.78 is 5.07. The van der Waals surface area contributed by atoms with Gasteiger partial charge < -0.3 is 4.74 Å². The van der Waals surface area contributed by atoms with Crippen LogP contribution in [0.2, 0.25) is 0 Å². The normalized spacial score (nSPS) is 32.3. The Morgan fingerprint density at radius 3 is 2.93 bits per heavy atom. The Balaban J connectivity index is 2.84. The van der Waals surface area contributed by atoms with Gasteiger partial charge in [-0.1, -0.05) is 11.6 Å². The molecule has 0 radical (unpaired) electrons. The lowest BCUT2D eigenvalue weighted by atomic mass is 9.74. The zero-order chi connectivity index (χ0) is 10.8. The molecule has 0 amide bonds. The second-order valence-corrected chi connectivity index (χ2v) is 4.52. The summed E-state index contributed by atoms with van der Waals surface area (Å²) in [7, 11) is 0. The van der Waals surface area contributed by atoms with Gasteiger partial charge in [0.25, 0.3) is 0 Å². The van der Waals surface area contributed by atoms with Gasteiger partial charge in [-0.15, -0.1) is 11.6 Å². The molecule has 1 rings (SSSR count). The van der Waals surface area contributed by atoms with Crippen LogP contribution in [-0.2, 0) is 9.53 Å². The molecule has 0 saturated heterocycles.